The minimum Gasteiger partial charge on any atom is -0.388 e. The van der Waals surface area contributed by atoms with Gasteiger partial charge in [0.25, 0.3) is 0 Å². The van der Waals surface area contributed by atoms with Crippen molar-refractivity contribution in [2.45, 2.75) is 138 Å². The van der Waals surface area contributed by atoms with Gasteiger partial charge in [0.05, 0.1) is 58.1 Å². The summed E-state index contributed by atoms with van der Waals surface area (Å²) in [5, 5.41) is 21.1. The molecule has 0 aliphatic carbocycles. The molecule has 3 aromatic rings. The van der Waals surface area contributed by atoms with Crippen LogP contribution in [0.2, 0.25) is 0 Å². The number of hydrogen-bond donors (Lipinski definition) is 4. The molecule has 0 atom stereocenters. The smallest absolute Gasteiger partial charge is 0.240 e. The van der Waals surface area contributed by atoms with Crippen molar-refractivity contribution in [3.8, 4) is 0 Å². The number of nitrogens with zero attached hydrogens (tertiary/aromatic N) is 4. The molecule has 4 aliphatic heterocycles. The van der Waals surface area contributed by atoms with E-state index in [2.05, 4.69) is 70.6 Å². The fraction of sp³-hybridized carbons (Fsp3) is 0.667. The Morgan fingerprint density at radius 3 is 1.34 bits per heavy atom. The summed E-state index contributed by atoms with van der Waals surface area (Å²) in [7, 11) is -10.5. The first-order valence-corrected chi connectivity index (χ1v) is 30.9. The number of aryl methyl sites for hydroxylation is 2. The molecule has 412 valence electrons. The van der Waals surface area contributed by atoms with Crippen molar-refractivity contribution in [3.05, 3.63) is 90.0 Å². The van der Waals surface area contributed by atoms with Crippen LogP contribution in [0.3, 0.4) is 0 Å². The van der Waals surface area contributed by atoms with E-state index in [1.165, 1.54) is 0 Å². The summed E-state index contributed by atoms with van der Waals surface area (Å²) in [6, 6.07) is 23.6. The molecule has 0 unspecified atom stereocenters. The number of sulfone groups is 1. The molecule has 4 aliphatic rings. The highest BCUT2D eigenvalue weighted by Gasteiger charge is 2.40. The molecule has 3 aromatic carbocycles. The zero-order chi connectivity index (χ0) is 53.5. The molecular formula is C54H88N6O10S3. The topological polar surface area (TPSA) is 198 Å². The van der Waals surface area contributed by atoms with E-state index in [0.717, 1.165) is 96.1 Å². The Hall–Kier alpha value is -2.89. The Morgan fingerprint density at radius 2 is 0.932 bits per heavy atom. The SMILES string of the molecule is CC(C)N1CCC(O)(CNS(=O)(=O)c2ccccc2)CC1.Cc1ccc(S(=O)(=O)CC2(COCCN3CCOCC3)CCN(C(C)C)CC2)cc1.Cc1ccc(S(=O)(=O)NCC2(O)CCN(C(C)C)CC2)cc1. The number of rotatable bonds is 19. The van der Waals surface area contributed by atoms with Gasteiger partial charge in [-0.05, 0) is 143 Å². The summed E-state index contributed by atoms with van der Waals surface area (Å²) in [6.07, 6.45) is 4.05. The van der Waals surface area contributed by atoms with Crippen LogP contribution in [0.15, 0.2) is 93.5 Å². The van der Waals surface area contributed by atoms with E-state index in [9.17, 15) is 35.5 Å². The molecule has 0 saturated carbocycles. The molecule has 0 aromatic heterocycles. The predicted molar refractivity (Wildman–Crippen MR) is 289 cm³/mol. The highest BCUT2D eigenvalue weighted by molar-refractivity contribution is 7.91. The summed E-state index contributed by atoms with van der Waals surface area (Å²) in [5.74, 6) is 0.159. The van der Waals surface area contributed by atoms with Crippen molar-refractivity contribution in [3.63, 3.8) is 0 Å². The minimum atomic E-state index is -3.57. The van der Waals surface area contributed by atoms with E-state index in [1.807, 2.05) is 26.0 Å². The Balaban J connectivity index is 0.000000208. The number of hydrogen-bond acceptors (Lipinski definition) is 14. The lowest BCUT2D eigenvalue weighted by Crippen LogP contribution is -2.52. The minimum absolute atomic E-state index is 0.0646. The van der Waals surface area contributed by atoms with Crippen molar-refractivity contribution in [2.75, 3.05) is 104 Å². The summed E-state index contributed by atoms with van der Waals surface area (Å²) in [5.41, 5.74) is -0.143. The first-order chi connectivity index (χ1) is 34.3. The van der Waals surface area contributed by atoms with Crippen molar-refractivity contribution in [1.29, 1.82) is 0 Å². The van der Waals surface area contributed by atoms with E-state index >= 15 is 0 Å². The van der Waals surface area contributed by atoms with E-state index in [1.54, 1.807) is 66.7 Å². The normalized spacial score (nSPS) is 20.3. The second kappa shape index (κ2) is 27.4. The molecule has 4 N–H and O–H groups in total. The third kappa shape index (κ3) is 19.3. The van der Waals surface area contributed by atoms with Gasteiger partial charge in [-0.15, -0.1) is 0 Å². The van der Waals surface area contributed by atoms with E-state index in [-0.39, 0.29) is 34.0 Å². The fourth-order valence-electron chi connectivity index (χ4n) is 9.59. The van der Waals surface area contributed by atoms with E-state index in [4.69, 9.17) is 9.47 Å². The first kappa shape index (κ1) is 61.0. The predicted octanol–water partition coefficient (Wildman–Crippen LogP) is 5.32. The summed E-state index contributed by atoms with van der Waals surface area (Å²) in [4.78, 5) is 10.3. The van der Waals surface area contributed by atoms with Crippen molar-refractivity contribution in [2.24, 2.45) is 5.41 Å². The van der Waals surface area contributed by atoms with Gasteiger partial charge in [0.15, 0.2) is 9.84 Å². The van der Waals surface area contributed by atoms with Crippen LogP contribution in [-0.4, -0.2) is 189 Å². The largest absolute Gasteiger partial charge is 0.388 e. The molecule has 0 bridgehead atoms. The molecule has 4 fully saturated rings. The highest BCUT2D eigenvalue weighted by Crippen LogP contribution is 2.36. The maximum absolute atomic E-state index is 13.2. The van der Waals surface area contributed by atoms with Gasteiger partial charge in [0.1, 0.15) is 0 Å². The Morgan fingerprint density at radius 1 is 0.548 bits per heavy atom. The van der Waals surface area contributed by atoms with E-state index in [0.29, 0.717) is 61.9 Å². The number of sulfonamides is 2. The van der Waals surface area contributed by atoms with Crippen LogP contribution in [0.25, 0.3) is 0 Å². The second-order valence-corrected chi connectivity index (χ2v) is 27.2. The average molecular weight is 1080 g/mol. The number of likely N-dealkylation sites (tertiary alicyclic amines) is 3. The Bertz CT molecular complexity index is 2430. The molecule has 7 rings (SSSR count). The third-order valence-electron chi connectivity index (χ3n) is 15.0. The van der Waals surface area contributed by atoms with Crippen LogP contribution in [0, 0.1) is 19.3 Å². The Kier molecular flexibility index (Phi) is 22.9. The van der Waals surface area contributed by atoms with Crippen molar-refractivity contribution < 1.29 is 44.9 Å². The monoisotopic (exact) mass is 1080 g/mol. The van der Waals surface area contributed by atoms with Gasteiger partial charge in [-0.2, -0.15) is 0 Å². The molecule has 16 nitrogen and oxygen atoms in total. The summed E-state index contributed by atoms with van der Waals surface area (Å²) < 4.78 is 91.9. The lowest BCUT2D eigenvalue weighted by Gasteiger charge is -2.43. The highest BCUT2D eigenvalue weighted by atomic mass is 32.2. The molecule has 4 saturated heterocycles. The maximum Gasteiger partial charge on any atom is 0.240 e. The second-order valence-electron chi connectivity index (χ2n) is 21.7. The fourth-order valence-corrected chi connectivity index (χ4v) is 13.7. The molecule has 73 heavy (non-hydrogen) atoms. The van der Waals surface area contributed by atoms with Crippen molar-refractivity contribution in [1.82, 2.24) is 29.0 Å². The average Bonchev–Trinajstić information content (AvgIpc) is 3.36. The van der Waals surface area contributed by atoms with Crippen LogP contribution >= 0.6 is 0 Å². The zero-order valence-corrected chi connectivity index (χ0v) is 47.4. The molecule has 0 spiro atoms. The summed E-state index contributed by atoms with van der Waals surface area (Å²) in [6.45, 7) is 27.4. The summed E-state index contributed by atoms with van der Waals surface area (Å²) >= 11 is 0. The van der Waals surface area contributed by atoms with Gasteiger partial charge in [0.2, 0.25) is 20.0 Å². The molecule has 0 radical (unpaired) electrons. The van der Waals surface area contributed by atoms with Crippen LogP contribution in [-0.2, 0) is 39.4 Å². The molecule has 0 amide bonds. The number of nitrogens with one attached hydrogen (secondary N) is 2. The zero-order valence-electron chi connectivity index (χ0n) is 45.0. The Labute approximate surface area is 439 Å². The molecule has 19 heteroatoms. The number of piperidine rings is 3. The number of benzene rings is 3. The quantitative estimate of drug-likeness (QED) is 0.113. The van der Waals surface area contributed by atoms with Gasteiger partial charge in [0, 0.05) is 82.4 Å². The van der Waals surface area contributed by atoms with Crippen molar-refractivity contribution >= 4 is 29.9 Å². The lowest BCUT2D eigenvalue weighted by atomic mass is 9.80. The van der Waals surface area contributed by atoms with Gasteiger partial charge in [-0.1, -0.05) is 53.6 Å². The van der Waals surface area contributed by atoms with Crippen LogP contribution < -0.4 is 9.44 Å². The molecule has 4 heterocycles. The maximum atomic E-state index is 13.2. The van der Waals surface area contributed by atoms with Gasteiger partial charge < -0.3 is 34.4 Å². The van der Waals surface area contributed by atoms with Gasteiger partial charge in [-0.25, -0.2) is 34.7 Å². The number of aliphatic hydroxyl groups is 2. The van der Waals surface area contributed by atoms with E-state index < -0.39 is 41.1 Å². The van der Waals surface area contributed by atoms with Crippen LogP contribution in [0.1, 0.15) is 91.2 Å². The van der Waals surface area contributed by atoms with Gasteiger partial charge in [-0.3, -0.25) is 4.90 Å². The lowest BCUT2D eigenvalue weighted by molar-refractivity contribution is -0.0232. The number of ether oxygens (including phenoxy) is 2. The molecular weight excluding hydrogens is 989 g/mol. The van der Waals surface area contributed by atoms with Crippen LogP contribution in [0.5, 0.6) is 0 Å². The number of morpholine rings is 1. The standard InChI is InChI=1S/C23H38N2O4S.C16H26N2O3S.C15H24N2O3S/c1-20(2)25-10-8-23(9-11-25,18-29-17-14-24-12-15-28-16-13-24)19-30(26,27)22-6-4-21(3)5-7-22;1-13(2)18-10-8-16(19,9-11-18)12-17-22(20,21)15-6-4-14(3)5-7-15;1-13(2)17-10-8-15(18,9-11-17)12-16-21(19,20)14-6-4-3-5-7-14/h4-7,20H,8-19H2,1-3H3;4-7,13,17,19H,8-12H2,1-3H3;3-7,13,16,18H,8-12H2,1-2H3. The van der Waals surface area contributed by atoms with Gasteiger partial charge >= 0.3 is 0 Å². The third-order valence-corrected chi connectivity index (χ3v) is 19.8. The van der Waals surface area contributed by atoms with Crippen LogP contribution in [0.4, 0.5) is 0 Å². The first-order valence-electron chi connectivity index (χ1n) is 26.3.